The minimum Gasteiger partial charge on any atom is -0.506 e. The molecule has 120 valence electrons. The lowest BCUT2D eigenvalue weighted by atomic mass is 10.1. The Morgan fingerprint density at radius 3 is 2.71 bits per heavy atom. The molecule has 0 radical (unpaired) electrons. The Morgan fingerprint density at radius 2 is 1.92 bits per heavy atom. The number of amides is 1. The van der Waals surface area contributed by atoms with E-state index in [1.54, 1.807) is 42.5 Å². The second-order valence-electron chi connectivity index (χ2n) is 5.50. The summed E-state index contributed by atoms with van der Waals surface area (Å²) >= 11 is 0. The van der Waals surface area contributed by atoms with Crippen LogP contribution in [-0.2, 0) is 6.54 Å². The number of hydrogen-bond donors (Lipinski definition) is 2. The van der Waals surface area contributed by atoms with Gasteiger partial charge >= 0.3 is 0 Å². The van der Waals surface area contributed by atoms with Crippen LogP contribution < -0.4 is 15.6 Å². The van der Waals surface area contributed by atoms with E-state index in [0.29, 0.717) is 35.5 Å². The van der Waals surface area contributed by atoms with Gasteiger partial charge in [0.05, 0.1) is 12.1 Å². The highest BCUT2D eigenvalue weighted by Crippen LogP contribution is 2.34. The van der Waals surface area contributed by atoms with Gasteiger partial charge in [-0.2, -0.15) is 0 Å². The zero-order valence-electron chi connectivity index (χ0n) is 12.7. The molecule has 0 saturated carbocycles. The monoisotopic (exact) mass is 322 g/mol. The van der Waals surface area contributed by atoms with Crippen molar-refractivity contribution in [1.29, 1.82) is 0 Å². The molecule has 1 aromatic heterocycles. The third-order valence-corrected chi connectivity index (χ3v) is 4.05. The second-order valence-corrected chi connectivity index (χ2v) is 5.50. The number of benzene rings is 2. The van der Waals surface area contributed by atoms with E-state index >= 15 is 0 Å². The van der Waals surface area contributed by atoms with Crippen molar-refractivity contribution in [2.75, 3.05) is 11.9 Å². The molecule has 24 heavy (non-hydrogen) atoms. The Morgan fingerprint density at radius 1 is 1.12 bits per heavy atom. The first kappa shape index (κ1) is 14.3. The average Bonchev–Trinajstić information content (AvgIpc) is 2.60. The van der Waals surface area contributed by atoms with Gasteiger partial charge in [0, 0.05) is 11.1 Å². The molecule has 4 rings (SSSR count). The van der Waals surface area contributed by atoms with E-state index in [2.05, 4.69) is 5.32 Å². The minimum absolute atomic E-state index is 0.259. The molecule has 2 heterocycles. The topological polar surface area (TPSA) is 80.6 Å². The summed E-state index contributed by atoms with van der Waals surface area (Å²) in [7, 11) is 0. The lowest BCUT2D eigenvalue weighted by Crippen LogP contribution is -2.33. The summed E-state index contributed by atoms with van der Waals surface area (Å²) in [5.41, 5.74) is 0.286. The summed E-state index contributed by atoms with van der Waals surface area (Å²) in [6, 6.07) is 13.9. The number of carbonyl (C=O) groups excluding carboxylic acids is 1. The standard InChI is InChI=1S/C18H14N2O4/c21-16-12-7-4-8-13-15(12)20(9-10-24-13)18(23)14(16)17(22)19-11-5-2-1-3-6-11/h1-8,21H,9-10H2,(H,19,22). The summed E-state index contributed by atoms with van der Waals surface area (Å²) in [5, 5.41) is 13.6. The summed E-state index contributed by atoms with van der Waals surface area (Å²) < 4.78 is 7.01. The van der Waals surface area contributed by atoms with Crippen LogP contribution in [0.15, 0.2) is 53.3 Å². The van der Waals surface area contributed by atoms with Gasteiger partial charge in [0.2, 0.25) is 0 Å². The molecule has 0 bridgehead atoms. The molecule has 1 amide bonds. The number of para-hydroxylation sites is 2. The van der Waals surface area contributed by atoms with E-state index in [-0.39, 0.29) is 11.3 Å². The van der Waals surface area contributed by atoms with Crippen LogP contribution in [0.4, 0.5) is 5.69 Å². The fourth-order valence-electron chi connectivity index (χ4n) is 2.96. The summed E-state index contributed by atoms with van der Waals surface area (Å²) in [5.74, 6) is -0.431. The smallest absolute Gasteiger partial charge is 0.267 e. The van der Waals surface area contributed by atoms with E-state index in [0.717, 1.165) is 0 Å². The number of carbonyl (C=O) groups is 1. The molecule has 3 aromatic rings. The number of aromatic nitrogens is 1. The molecule has 6 nitrogen and oxygen atoms in total. The zero-order chi connectivity index (χ0) is 16.7. The van der Waals surface area contributed by atoms with Crippen molar-refractivity contribution in [2.24, 2.45) is 0 Å². The highest BCUT2D eigenvalue weighted by molar-refractivity contribution is 6.09. The molecule has 2 N–H and O–H groups in total. The number of hydrogen-bond acceptors (Lipinski definition) is 4. The highest BCUT2D eigenvalue weighted by Gasteiger charge is 2.25. The molecule has 0 saturated heterocycles. The lowest BCUT2D eigenvalue weighted by molar-refractivity contribution is 0.102. The Bertz CT molecular complexity index is 1010. The summed E-state index contributed by atoms with van der Waals surface area (Å²) in [6.07, 6.45) is 0. The fourth-order valence-corrected chi connectivity index (χ4v) is 2.96. The number of ether oxygens (including phenoxy) is 1. The van der Waals surface area contributed by atoms with E-state index in [1.807, 2.05) is 6.07 Å². The van der Waals surface area contributed by atoms with Crippen LogP contribution in [-0.4, -0.2) is 22.2 Å². The fraction of sp³-hybridized carbons (Fsp3) is 0.111. The van der Waals surface area contributed by atoms with Gasteiger partial charge in [-0.1, -0.05) is 24.3 Å². The van der Waals surface area contributed by atoms with Gasteiger partial charge in [-0.05, 0) is 24.3 Å². The van der Waals surface area contributed by atoms with Crippen molar-refractivity contribution in [3.8, 4) is 11.5 Å². The van der Waals surface area contributed by atoms with Crippen LogP contribution in [0, 0.1) is 0 Å². The molecule has 0 aliphatic carbocycles. The van der Waals surface area contributed by atoms with Gasteiger partial charge in [-0.25, -0.2) is 0 Å². The molecular weight excluding hydrogens is 308 g/mol. The number of rotatable bonds is 2. The van der Waals surface area contributed by atoms with Gasteiger partial charge in [0.25, 0.3) is 11.5 Å². The molecule has 0 atom stereocenters. The van der Waals surface area contributed by atoms with E-state index < -0.39 is 11.5 Å². The van der Waals surface area contributed by atoms with Crippen LogP contribution >= 0.6 is 0 Å². The predicted octanol–water partition coefficient (Wildman–Crippen LogP) is 2.35. The molecule has 2 aromatic carbocycles. The number of pyridine rings is 1. The second kappa shape index (κ2) is 5.42. The minimum atomic E-state index is -0.633. The third-order valence-electron chi connectivity index (χ3n) is 4.05. The summed E-state index contributed by atoms with van der Waals surface area (Å²) in [6.45, 7) is 0.675. The van der Waals surface area contributed by atoms with E-state index in [1.165, 1.54) is 4.57 Å². The van der Waals surface area contributed by atoms with Crippen molar-refractivity contribution in [1.82, 2.24) is 4.57 Å². The van der Waals surface area contributed by atoms with Gasteiger partial charge in [0.1, 0.15) is 23.7 Å². The first-order valence-electron chi connectivity index (χ1n) is 7.54. The van der Waals surface area contributed by atoms with Crippen LogP contribution in [0.5, 0.6) is 11.5 Å². The Hall–Kier alpha value is -3.28. The van der Waals surface area contributed by atoms with Crippen LogP contribution in [0.1, 0.15) is 10.4 Å². The zero-order valence-corrected chi connectivity index (χ0v) is 12.7. The van der Waals surface area contributed by atoms with Gasteiger partial charge in [-0.15, -0.1) is 0 Å². The lowest BCUT2D eigenvalue weighted by Gasteiger charge is -2.21. The molecule has 0 unspecified atom stereocenters. The maximum absolute atomic E-state index is 12.7. The van der Waals surface area contributed by atoms with E-state index in [9.17, 15) is 14.7 Å². The average molecular weight is 322 g/mol. The van der Waals surface area contributed by atoms with Crippen LogP contribution in [0.3, 0.4) is 0 Å². The van der Waals surface area contributed by atoms with E-state index in [4.69, 9.17) is 4.74 Å². The molecule has 6 heteroatoms. The number of aromatic hydroxyl groups is 1. The van der Waals surface area contributed by atoms with Crippen molar-refractivity contribution < 1.29 is 14.6 Å². The van der Waals surface area contributed by atoms with Crippen molar-refractivity contribution in [2.45, 2.75) is 6.54 Å². The van der Waals surface area contributed by atoms with Crippen molar-refractivity contribution >= 4 is 22.5 Å². The number of anilines is 1. The van der Waals surface area contributed by atoms with Gasteiger partial charge in [-0.3, -0.25) is 9.59 Å². The molecular formula is C18H14N2O4. The molecule has 0 spiro atoms. The van der Waals surface area contributed by atoms with Crippen molar-refractivity contribution in [3.63, 3.8) is 0 Å². The van der Waals surface area contributed by atoms with Gasteiger partial charge in [0.15, 0.2) is 0 Å². The Balaban J connectivity index is 1.91. The molecule has 0 fully saturated rings. The number of nitrogens with zero attached hydrogens (tertiary/aromatic N) is 1. The maximum atomic E-state index is 12.7. The van der Waals surface area contributed by atoms with Crippen LogP contribution in [0.2, 0.25) is 0 Å². The van der Waals surface area contributed by atoms with Gasteiger partial charge < -0.3 is 19.7 Å². The molecule has 1 aliphatic heterocycles. The maximum Gasteiger partial charge on any atom is 0.267 e. The number of nitrogens with one attached hydrogen (secondary N) is 1. The first-order chi connectivity index (χ1) is 11.7. The Kier molecular flexibility index (Phi) is 3.23. The highest BCUT2D eigenvalue weighted by atomic mass is 16.5. The predicted molar refractivity (Wildman–Crippen MR) is 89.8 cm³/mol. The summed E-state index contributed by atoms with van der Waals surface area (Å²) in [4.78, 5) is 25.3. The quantitative estimate of drug-likeness (QED) is 0.759. The normalized spacial score (nSPS) is 12.7. The Labute approximate surface area is 136 Å². The first-order valence-corrected chi connectivity index (χ1v) is 7.54. The molecule has 1 aliphatic rings. The largest absolute Gasteiger partial charge is 0.506 e. The SMILES string of the molecule is O=C(Nc1ccccc1)c1c(O)c2cccc3c2n(c1=O)CCO3. The third kappa shape index (κ3) is 2.11. The van der Waals surface area contributed by atoms with Crippen LogP contribution in [0.25, 0.3) is 10.9 Å². The van der Waals surface area contributed by atoms with Crippen molar-refractivity contribution in [3.05, 3.63) is 64.4 Å².